The fourth-order valence-corrected chi connectivity index (χ4v) is 3.01. The molecule has 2 N–H and O–H groups in total. The van der Waals surface area contributed by atoms with Gasteiger partial charge in [0.2, 0.25) is 11.8 Å². The van der Waals surface area contributed by atoms with E-state index in [1.165, 1.54) is 23.4 Å². The molecule has 2 aromatic carbocycles. The van der Waals surface area contributed by atoms with Crippen LogP contribution < -0.4 is 20.1 Å². The molecule has 0 aliphatic rings. The van der Waals surface area contributed by atoms with Gasteiger partial charge in [-0.05, 0) is 61.4 Å². The van der Waals surface area contributed by atoms with E-state index < -0.39 is 6.04 Å². The van der Waals surface area contributed by atoms with Crippen molar-refractivity contribution in [3.8, 4) is 11.5 Å². The van der Waals surface area contributed by atoms with Crippen molar-refractivity contribution in [3.63, 3.8) is 0 Å². The van der Waals surface area contributed by atoms with E-state index in [1.54, 1.807) is 44.4 Å². The maximum absolute atomic E-state index is 12.3. The summed E-state index contributed by atoms with van der Waals surface area (Å²) >= 11 is 0. The molecule has 34 heavy (non-hydrogen) atoms. The summed E-state index contributed by atoms with van der Waals surface area (Å²) in [5.74, 6) is 0.802. The van der Waals surface area contributed by atoms with E-state index in [2.05, 4.69) is 27.6 Å². The minimum atomic E-state index is -0.498. The first-order valence-electron chi connectivity index (χ1n) is 11.0. The summed E-state index contributed by atoms with van der Waals surface area (Å²) in [7, 11) is 1.59. The standard InChI is InChI=1S/C25H29N5O4/c1-4-5-14-34-22-12-6-19(15-23(22)33-3)7-13-24(31)28-20-8-10-21(11-9-20)29-25(32)18(2)30-17-26-16-27-30/h6-13,15-18H,4-5,14H2,1-3H3,(H,28,31)(H,29,32)/b13-7+. The zero-order valence-electron chi connectivity index (χ0n) is 19.5. The van der Waals surface area contributed by atoms with Crippen molar-refractivity contribution in [1.29, 1.82) is 0 Å². The number of amides is 2. The van der Waals surface area contributed by atoms with Gasteiger partial charge in [0, 0.05) is 17.5 Å². The molecule has 1 atom stereocenters. The Labute approximate surface area is 198 Å². The fraction of sp³-hybridized carbons (Fsp3) is 0.280. The highest BCUT2D eigenvalue weighted by atomic mass is 16.5. The van der Waals surface area contributed by atoms with Crippen LogP contribution >= 0.6 is 0 Å². The number of nitrogens with one attached hydrogen (secondary N) is 2. The average Bonchev–Trinajstić information content (AvgIpc) is 3.39. The Hall–Kier alpha value is -4.14. The third kappa shape index (κ3) is 6.93. The lowest BCUT2D eigenvalue weighted by Gasteiger charge is -2.12. The van der Waals surface area contributed by atoms with Crippen LogP contribution in [0.1, 0.15) is 38.3 Å². The van der Waals surface area contributed by atoms with Crippen molar-refractivity contribution < 1.29 is 19.1 Å². The molecule has 0 fully saturated rings. The van der Waals surface area contributed by atoms with Gasteiger partial charge in [0.15, 0.2) is 11.5 Å². The minimum absolute atomic E-state index is 0.220. The molecule has 2 amide bonds. The van der Waals surface area contributed by atoms with Crippen LogP contribution in [0, 0.1) is 0 Å². The number of methoxy groups -OCH3 is 1. The number of carbonyl (C=O) groups is 2. The van der Waals surface area contributed by atoms with Gasteiger partial charge in [-0.1, -0.05) is 19.4 Å². The van der Waals surface area contributed by atoms with Crippen molar-refractivity contribution in [2.45, 2.75) is 32.7 Å². The summed E-state index contributed by atoms with van der Waals surface area (Å²) in [4.78, 5) is 28.5. The van der Waals surface area contributed by atoms with Crippen molar-refractivity contribution in [1.82, 2.24) is 14.8 Å². The molecule has 0 saturated heterocycles. The van der Waals surface area contributed by atoms with Crippen molar-refractivity contribution in [3.05, 3.63) is 66.8 Å². The van der Waals surface area contributed by atoms with Crippen molar-refractivity contribution in [2.75, 3.05) is 24.4 Å². The first-order valence-corrected chi connectivity index (χ1v) is 11.0. The quantitative estimate of drug-likeness (QED) is 0.324. The number of anilines is 2. The molecule has 9 heteroatoms. The van der Waals surface area contributed by atoms with Crippen LogP contribution in [0.4, 0.5) is 11.4 Å². The lowest BCUT2D eigenvalue weighted by atomic mass is 10.2. The lowest BCUT2D eigenvalue weighted by molar-refractivity contribution is -0.119. The largest absolute Gasteiger partial charge is 0.493 e. The molecule has 3 rings (SSSR count). The lowest BCUT2D eigenvalue weighted by Crippen LogP contribution is -2.24. The van der Waals surface area contributed by atoms with Gasteiger partial charge in [0.25, 0.3) is 0 Å². The van der Waals surface area contributed by atoms with Crippen LogP contribution in [0.3, 0.4) is 0 Å². The van der Waals surface area contributed by atoms with Gasteiger partial charge in [0.05, 0.1) is 13.7 Å². The second-order valence-electron chi connectivity index (χ2n) is 7.55. The molecule has 0 saturated carbocycles. The van der Waals surface area contributed by atoms with E-state index in [1.807, 2.05) is 18.2 Å². The fourth-order valence-electron chi connectivity index (χ4n) is 3.01. The molecule has 1 heterocycles. The highest BCUT2D eigenvalue weighted by Crippen LogP contribution is 2.28. The van der Waals surface area contributed by atoms with Crippen LogP contribution in [-0.2, 0) is 9.59 Å². The summed E-state index contributed by atoms with van der Waals surface area (Å²) in [6, 6.07) is 11.9. The Kier molecular flexibility index (Phi) is 8.79. The first-order chi connectivity index (χ1) is 16.5. The second kappa shape index (κ2) is 12.2. The number of ether oxygens (including phenoxy) is 2. The average molecular weight is 464 g/mol. The Morgan fingerprint density at radius 3 is 2.47 bits per heavy atom. The molecular formula is C25H29N5O4. The number of carbonyl (C=O) groups excluding carboxylic acids is 2. The van der Waals surface area contributed by atoms with Crippen molar-refractivity contribution in [2.24, 2.45) is 0 Å². The van der Waals surface area contributed by atoms with Crippen LogP contribution in [0.15, 0.2) is 61.2 Å². The number of benzene rings is 2. The van der Waals surface area contributed by atoms with Crippen molar-refractivity contribution >= 4 is 29.3 Å². The highest BCUT2D eigenvalue weighted by Gasteiger charge is 2.15. The van der Waals surface area contributed by atoms with E-state index in [0.29, 0.717) is 29.5 Å². The Morgan fingerprint density at radius 2 is 1.82 bits per heavy atom. The topological polar surface area (TPSA) is 107 Å². The van der Waals surface area contributed by atoms with E-state index in [0.717, 1.165) is 18.4 Å². The second-order valence-corrected chi connectivity index (χ2v) is 7.55. The van der Waals surface area contributed by atoms with Gasteiger partial charge in [-0.3, -0.25) is 9.59 Å². The number of hydrogen-bond acceptors (Lipinski definition) is 6. The third-order valence-electron chi connectivity index (χ3n) is 5.00. The number of hydrogen-bond donors (Lipinski definition) is 2. The molecule has 3 aromatic rings. The van der Waals surface area contributed by atoms with E-state index in [4.69, 9.17) is 9.47 Å². The predicted molar refractivity (Wildman–Crippen MR) is 131 cm³/mol. The van der Waals surface area contributed by atoms with Gasteiger partial charge in [-0.2, -0.15) is 5.10 Å². The minimum Gasteiger partial charge on any atom is -0.493 e. The van der Waals surface area contributed by atoms with Gasteiger partial charge < -0.3 is 20.1 Å². The van der Waals surface area contributed by atoms with Crippen LogP contribution in [0.5, 0.6) is 11.5 Å². The summed E-state index contributed by atoms with van der Waals surface area (Å²) in [6.07, 6.45) is 8.04. The zero-order valence-corrected chi connectivity index (χ0v) is 19.5. The van der Waals surface area contributed by atoms with Gasteiger partial charge in [-0.25, -0.2) is 9.67 Å². The number of nitrogens with zero attached hydrogens (tertiary/aromatic N) is 3. The Balaban J connectivity index is 1.54. The molecule has 178 valence electrons. The molecule has 0 spiro atoms. The normalized spacial score (nSPS) is 11.7. The van der Waals surface area contributed by atoms with Gasteiger partial charge in [0.1, 0.15) is 18.7 Å². The van der Waals surface area contributed by atoms with E-state index in [9.17, 15) is 9.59 Å². The first kappa shape index (κ1) is 24.5. The Bertz CT molecular complexity index is 1110. The highest BCUT2D eigenvalue weighted by molar-refractivity contribution is 6.02. The summed E-state index contributed by atoms with van der Waals surface area (Å²) in [6.45, 7) is 4.47. The molecule has 0 aliphatic carbocycles. The summed E-state index contributed by atoms with van der Waals surface area (Å²) in [5.41, 5.74) is 2.03. The van der Waals surface area contributed by atoms with Gasteiger partial charge in [-0.15, -0.1) is 0 Å². The predicted octanol–water partition coefficient (Wildman–Crippen LogP) is 4.32. The number of rotatable bonds is 11. The van der Waals surface area contributed by atoms with E-state index >= 15 is 0 Å². The number of unbranched alkanes of at least 4 members (excludes halogenated alkanes) is 1. The molecular weight excluding hydrogens is 434 g/mol. The summed E-state index contributed by atoms with van der Waals surface area (Å²) in [5, 5.41) is 9.58. The monoisotopic (exact) mass is 463 g/mol. The Morgan fingerprint density at radius 1 is 1.09 bits per heavy atom. The van der Waals surface area contributed by atoms with Gasteiger partial charge >= 0.3 is 0 Å². The molecule has 9 nitrogen and oxygen atoms in total. The van der Waals surface area contributed by atoms with Crippen LogP contribution in [0.25, 0.3) is 6.08 Å². The molecule has 1 unspecified atom stereocenters. The molecule has 0 bridgehead atoms. The smallest absolute Gasteiger partial charge is 0.249 e. The molecule has 0 radical (unpaired) electrons. The summed E-state index contributed by atoms with van der Waals surface area (Å²) < 4.78 is 12.6. The van der Waals surface area contributed by atoms with Crippen LogP contribution in [-0.4, -0.2) is 40.3 Å². The maximum atomic E-state index is 12.3. The maximum Gasteiger partial charge on any atom is 0.249 e. The third-order valence-corrected chi connectivity index (χ3v) is 5.00. The van der Waals surface area contributed by atoms with Crippen LogP contribution in [0.2, 0.25) is 0 Å². The molecule has 0 aliphatic heterocycles. The number of aromatic nitrogens is 3. The SMILES string of the molecule is CCCCOc1ccc(/C=C/C(=O)Nc2ccc(NC(=O)C(C)n3cncn3)cc2)cc1OC. The zero-order chi connectivity index (χ0) is 24.3. The molecule has 1 aromatic heterocycles. The van der Waals surface area contributed by atoms with E-state index in [-0.39, 0.29) is 11.8 Å².